The van der Waals surface area contributed by atoms with Gasteiger partial charge < -0.3 is 15.8 Å². The summed E-state index contributed by atoms with van der Waals surface area (Å²) in [6.45, 7) is 2.13. The van der Waals surface area contributed by atoms with Crippen LogP contribution in [0.25, 0.3) is 21.1 Å². The van der Waals surface area contributed by atoms with E-state index in [4.69, 9.17) is 15.5 Å². The van der Waals surface area contributed by atoms with Crippen LogP contribution in [0.15, 0.2) is 42.5 Å². The van der Waals surface area contributed by atoms with Crippen LogP contribution in [0.2, 0.25) is 0 Å². The van der Waals surface area contributed by atoms with Crippen LogP contribution >= 0.6 is 11.5 Å². The van der Waals surface area contributed by atoms with Crippen LogP contribution < -0.4 is 15.8 Å². The normalized spacial score (nSPS) is 21.5. The molecule has 0 spiro atoms. The minimum Gasteiger partial charge on any atom is -0.497 e. The van der Waals surface area contributed by atoms with Crippen molar-refractivity contribution in [1.82, 2.24) is 14.6 Å². The number of nitrogens with zero attached hydrogens (tertiary/aromatic N) is 3. The topological polar surface area (TPSA) is 86.0 Å². The van der Waals surface area contributed by atoms with Crippen LogP contribution in [0.5, 0.6) is 5.75 Å². The van der Waals surface area contributed by atoms with Crippen LogP contribution in [-0.2, 0) is 6.42 Å². The Morgan fingerprint density at radius 1 is 1.26 bits per heavy atom. The van der Waals surface area contributed by atoms with Crippen molar-refractivity contribution in [1.29, 1.82) is 0 Å². The quantitative estimate of drug-likeness (QED) is 0.468. The summed E-state index contributed by atoms with van der Waals surface area (Å²) in [6.07, 6.45) is 4.96. The Labute approximate surface area is 186 Å². The lowest BCUT2D eigenvalue weighted by atomic mass is 9.75. The lowest BCUT2D eigenvalue weighted by Gasteiger charge is -2.41. The molecule has 2 unspecified atom stereocenters. The van der Waals surface area contributed by atoms with E-state index in [1.807, 2.05) is 12.1 Å². The fourth-order valence-electron chi connectivity index (χ4n) is 4.94. The van der Waals surface area contributed by atoms with E-state index >= 15 is 0 Å². The number of pyridine rings is 1. The Bertz CT molecular complexity index is 1240. The number of anilines is 1. The van der Waals surface area contributed by atoms with Crippen molar-refractivity contribution < 1.29 is 4.74 Å². The largest absolute Gasteiger partial charge is 0.497 e. The van der Waals surface area contributed by atoms with Crippen LogP contribution in [0.3, 0.4) is 0 Å². The van der Waals surface area contributed by atoms with Crippen LogP contribution in [0.1, 0.15) is 36.8 Å². The Hall–Kier alpha value is -2.77. The van der Waals surface area contributed by atoms with Gasteiger partial charge in [-0.2, -0.15) is 0 Å². The molecular formula is C24H27N5OS. The molecule has 2 aromatic heterocycles. The maximum atomic E-state index is 6.47. The number of hydrogen-bond donors (Lipinski definition) is 2. The molecule has 0 radical (unpaired) electrons. The molecule has 160 valence electrons. The summed E-state index contributed by atoms with van der Waals surface area (Å²) in [5.74, 6) is 1.70. The first kappa shape index (κ1) is 20.2. The van der Waals surface area contributed by atoms with Gasteiger partial charge in [-0.3, -0.25) is 0 Å². The van der Waals surface area contributed by atoms with Gasteiger partial charge in [-0.1, -0.05) is 16.6 Å². The zero-order valence-electron chi connectivity index (χ0n) is 17.9. The molecule has 1 saturated carbocycles. The first-order chi connectivity index (χ1) is 15.0. The minimum atomic E-state index is -0.165. The molecule has 4 aromatic rings. The van der Waals surface area contributed by atoms with Gasteiger partial charge in [0.1, 0.15) is 17.1 Å². The second kappa shape index (κ2) is 8.05. The number of aromatic nitrogens is 3. The van der Waals surface area contributed by atoms with Crippen molar-refractivity contribution in [3.8, 4) is 5.75 Å². The molecule has 1 fully saturated rings. The number of fused-ring (bicyclic) bond motifs is 2. The Balaban J connectivity index is 1.54. The van der Waals surface area contributed by atoms with Crippen LogP contribution in [0.4, 0.5) is 5.82 Å². The third-order valence-corrected chi connectivity index (χ3v) is 7.08. The van der Waals surface area contributed by atoms with E-state index in [0.717, 1.165) is 64.8 Å². The summed E-state index contributed by atoms with van der Waals surface area (Å²) in [4.78, 5) is 4.94. The third kappa shape index (κ3) is 3.95. The second-order valence-corrected chi connectivity index (χ2v) is 9.47. The summed E-state index contributed by atoms with van der Waals surface area (Å²) in [5, 5.41) is 9.36. The maximum absolute atomic E-state index is 6.47. The van der Waals surface area contributed by atoms with Crippen molar-refractivity contribution in [3.05, 3.63) is 53.6 Å². The Morgan fingerprint density at radius 2 is 2.16 bits per heavy atom. The lowest BCUT2D eigenvalue weighted by molar-refractivity contribution is 0.291. The van der Waals surface area contributed by atoms with E-state index in [1.54, 1.807) is 7.11 Å². The number of hydrogen-bond acceptors (Lipinski definition) is 7. The third-order valence-electron chi connectivity index (χ3n) is 6.39. The number of ether oxygens (including phenoxy) is 1. The monoisotopic (exact) mass is 433 g/mol. The molecular weight excluding hydrogens is 406 g/mol. The van der Waals surface area contributed by atoms with Gasteiger partial charge in [-0.25, -0.2) is 4.98 Å². The number of aryl methyl sites for hydroxylation is 1. The first-order valence-corrected chi connectivity index (χ1v) is 11.5. The van der Waals surface area contributed by atoms with Gasteiger partial charge in [-0.05, 0) is 86.0 Å². The molecule has 2 aromatic carbocycles. The lowest BCUT2D eigenvalue weighted by Crippen LogP contribution is -2.48. The van der Waals surface area contributed by atoms with Gasteiger partial charge in [-0.15, -0.1) is 5.10 Å². The van der Waals surface area contributed by atoms with Crippen LogP contribution in [0, 0.1) is 6.92 Å². The maximum Gasteiger partial charge on any atom is 0.127 e. The van der Waals surface area contributed by atoms with E-state index in [2.05, 4.69) is 52.2 Å². The van der Waals surface area contributed by atoms with Crippen LogP contribution in [-0.4, -0.2) is 33.3 Å². The first-order valence-electron chi connectivity index (χ1n) is 10.7. The molecule has 31 heavy (non-hydrogen) atoms. The molecule has 2 atom stereocenters. The van der Waals surface area contributed by atoms with Gasteiger partial charge in [0.15, 0.2) is 0 Å². The molecule has 6 nitrogen and oxygen atoms in total. The minimum absolute atomic E-state index is 0.165. The molecule has 3 N–H and O–H groups in total. The summed E-state index contributed by atoms with van der Waals surface area (Å²) in [7, 11) is 1.68. The predicted molar refractivity (Wildman–Crippen MR) is 127 cm³/mol. The number of nitrogens with one attached hydrogen (secondary N) is 1. The molecule has 5 rings (SSSR count). The SMILES string of the molecule is COc1ccc2c(C)cc(NC3(Cc4cccc5snnc45)CCCC(N)C3)nc2c1. The van der Waals surface area contributed by atoms with Crippen molar-refractivity contribution in [2.45, 2.75) is 50.6 Å². The van der Waals surface area contributed by atoms with E-state index in [1.165, 1.54) is 22.7 Å². The predicted octanol–water partition coefficient (Wildman–Crippen LogP) is 4.85. The highest BCUT2D eigenvalue weighted by molar-refractivity contribution is 7.12. The van der Waals surface area contributed by atoms with Gasteiger partial charge in [0.2, 0.25) is 0 Å². The summed E-state index contributed by atoms with van der Waals surface area (Å²) < 4.78 is 10.7. The number of methoxy groups -OCH3 is 1. The molecule has 0 amide bonds. The Kier molecular flexibility index (Phi) is 5.24. The van der Waals surface area contributed by atoms with Crippen molar-refractivity contribution in [2.24, 2.45) is 5.73 Å². The van der Waals surface area contributed by atoms with Crippen molar-refractivity contribution >= 4 is 38.5 Å². The van der Waals surface area contributed by atoms with E-state index in [9.17, 15) is 0 Å². The molecule has 0 bridgehead atoms. The molecule has 0 aliphatic heterocycles. The zero-order chi connectivity index (χ0) is 21.4. The fourth-order valence-corrected chi connectivity index (χ4v) is 5.55. The molecule has 7 heteroatoms. The fraction of sp³-hybridized carbons (Fsp3) is 0.375. The van der Waals surface area contributed by atoms with E-state index in [0.29, 0.717) is 0 Å². The molecule has 0 saturated heterocycles. The summed E-state index contributed by atoms with van der Waals surface area (Å²) in [5.41, 5.74) is 10.6. The average molecular weight is 434 g/mol. The van der Waals surface area contributed by atoms with Gasteiger partial charge >= 0.3 is 0 Å². The molecule has 2 heterocycles. The standard InChI is InChI=1S/C24H27N5OS/c1-15-11-22(26-20-12-18(30-2)8-9-19(15)20)27-24(10-4-6-17(25)14-24)13-16-5-3-7-21-23(16)28-29-31-21/h3,5,7-9,11-12,17H,4,6,10,13-14,25H2,1-2H3,(H,26,27). The Morgan fingerprint density at radius 3 is 3.00 bits per heavy atom. The smallest absolute Gasteiger partial charge is 0.127 e. The van der Waals surface area contributed by atoms with E-state index < -0.39 is 0 Å². The number of nitrogens with two attached hydrogens (primary N) is 1. The molecule has 1 aliphatic carbocycles. The highest BCUT2D eigenvalue weighted by Crippen LogP contribution is 2.36. The molecule has 1 aliphatic rings. The van der Waals surface area contributed by atoms with Crippen molar-refractivity contribution in [3.63, 3.8) is 0 Å². The highest BCUT2D eigenvalue weighted by atomic mass is 32.1. The van der Waals surface area contributed by atoms with Crippen molar-refractivity contribution in [2.75, 3.05) is 12.4 Å². The number of rotatable bonds is 5. The number of benzene rings is 2. The summed E-state index contributed by atoms with van der Waals surface area (Å²) >= 11 is 1.44. The average Bonchev–Trinajstić information content (AvgIpc) is 3.23. The van der Waals surface area contributed by atoms with Gasteiger partial charge in [0, 0.05) is 23.0 Å². The highest BCUT2D eigenvalue weighted by Gasteiger charge is 2.36. The second-order valence-electron chi connectivity index (χ2n) is 8.68. The summed E-state index contributed by atoms with van der Waals surface area (Å²) in [6, 6.07) is 14.7. The van der Waals surface area contributed by atoms with E-state index in [-0.39, 0.29) is 11.6 Å². The van der Waals surface area contributed by atoms with Gasteiger partial charge in [0.05, 0.1) is 17.3 Å². The van der Waals surface area contributed by atoms with Gasteiger partial charge in [0.25, 0.3) is 0 Å². The zero-order valence-corrected chi connectivity index (χ0v) is 18.7.